The van der Waals surface area contributed by atoms with Crippen LogP contribution in [0.15, 0.2) is 46.9 Å². The van der Waals surface area contributed by atoms with Gasteiger partial charge in [0.05, 0.1) is 11.9 Å². The minimum atomic E-state index is 0.743. The highest BCUT2D eigenvalue weighted by atomic mass is 15.2. The Labute approximate surface area is 133 Å². The number of aryl methyl sites for hydroxylation is 1. The predicted molar refractivity (Wildman–Crippen MR) is 90.9 cm³/mol. The summed E-state index contributed by atoms with van der Waals surface area (Å²) in [5, 5.41) is 14.9. The molecule has 1 heterocycles. The normalized spacial score (nSPS) is 11.3. The van der Waals surface area contributed by atoms with Crippen LogP contribution in [0.3, 0.4) is 0 Å². The van der Waals surface area contributed by atoms with Gasteiger partial charge in [0.25, 0.3) is 0 Å². The van der Waals surface area contributed by atoms with E-state index in [-0.39, 0.29) is 0 Å². The maximum Gasteiger partial charge on any atom is 0.123 e. The number of aromatic nitrogens is 2. The van der Waals surface area contributed by atoms with Gasteiger partial charge in [-0.2, -0.15) is 10.2 Å². The molecule has 0 bridgehead atoms. The largest absolute Gasteiger partial charge is 0.283 e. The summed E-state index contributed by atoms with van der Waals surface area (Å²) in [5.74, 6) is 0. The van der Waals surface area contributed by atoms with Crippen molar-refractivity contribution in [3.63, 3.8) is 0 Å². The van der Waals surface area contributed by atoms with E-state index < -0.39 is 0 Å². The van der Waals surface area contributed by atoms with Gasteiger partial charge in [0.15, 0.2) is 0 Å². The summed E-state index contributed by atoms with van der Waals surface area (Å²) < 4.78 is 0. The van der Waals surface area contributed by atoms with E-state index in [1.54, 1.807) is 12.4 Å². The van der Waals surface area contributed by atoms with Crippen LogP contribution in [0.5, 0.6) is 0 Å². The van der Waals surface area contributed by atoms with E-state index in [9.17, 15) is 0 Å². The number of hydrogen-bond donors (Lipinski definition) is 1. The van der Waals surface area contributed by atoms with Crippen molar-refractivity contribution in [1.29, 1.82) is 0 Å². The molecule has 0 aliphatic carbocycles. The van der Waals surface area contributed by atoms with Gasteiger partial charge in [0.1, 0.15) is 5.69 Å². The molecule has 4 heteroatoms. The minimum absolute atomic E-state index is 0.743. The first-order valence-corrected chi connectivity index (χ1v) is 8.38. The minimum Gasteiger partial charge on any atom is -0.283 e. The number of unbranched alkanes of at least 4 members (excludes halogenated alkanes) is 6. The van der Waals surface area contributed by atoms with Crippen molar-refractivity contribution in [2.75, 3.05) is 0 Å². The average molecular weight is 298 g/mol. The molecule has 118 valence electrons. The lowest BCUT2D eigenvalue weighted by Crippen LogP contribution is -1.86. The fourth-order valence-electron chi connectivity index (χ4n) is 2.43. The van der Waals surface area contributed by atoms with Gasteiger partial charge in [-0.25, -0.2) is 0 Å². The van der Waals surface area contributed by atoms with Crippen molar-refractivity contribution < 1.29 is 0 Å². The summed E-state index contributed by atoms with van der Waals surface area (Å²) in [6.07, 6.45) is 14.0. The Bertz CT molecular complexity index is 529. The lowest BCUT2D eigenvalue weighted by atomic mass is 10.0. The lowest BCUT2D eigenvalue weighted by molar-refractivity contribution is 0.589. The maximum absolute atomic E-state index is 4.19. The molecule has 0 aliphatic rings. The van der Waals surface area contributed by atoms with Crippen molar-refractivity contribution >= 4 is 11.4 Å². The molecule has 0 amide bonds. The van der Waals surface area contributed by atoms with Gasteiger partial charge in [0.2, 0.25) is 0 Å². The highest BCUT2D eigenvalue weighted by Crippen LogP contribution is 2.18. The summed E-state index contributed by atoms with van der Waals surface area (Å²) in [4.78, 5) is 0. The van der Waals surface area contributed by atoms with Gasteiger partial charge in [-0.15, -0.1) is 5.11 Å². The van der Waals surface area contributed by atoms with Crippen molar-refractivity contribution in [3.05, 3.63) is 42.2 Å². The molecule has 1 N–H and O–H groups in total. The fraction of sp³-hybridized carbons (Fsp3) is 0.500. The first-order chi connectivity index (χ1) is 10.9. The third-order valence-electron chi connectivity index (χ3n) is 3.77. The zero-order valence-electron chi connectivity index (χ0n) is 13.5. The van der Waals surface area contributed by atoms with Gasteiger partial charge in [0, 0.05) is 6.20 Å². The Hall–Kier alpha value is -1.97. The third kappa shape index (κ3) is 6.20. The van der Waals surface area contributed by atoms with E-state index in [1.807, 2.05) is 12.1 Å². The second kappa shape index (κ2) is 9.87. The van der Waals surface area contributed by atoms with Crippen molar-refractivity contribution in [2.45, 2.75) is 58.3 Å². The van der Waals surface area contributed by atoms with E-state index in [2.05, 4.69) is 39.5 Å². The zero-order valence-corrected chi connectivity index (χ0v) is 13.5. The maximum atomic E-state index is 4.19. The molecule has 0 atom stereocenters. The zero-order chi connectivity index (χ0) is 15.5. The Morgan fingerprint density at radius 1 is 0.864 bits per heavy atom. The van der Waals surface area contributed by atoms with Gasteiger partial charge >= 0.3 is 0 Å². The SMILES string of the molecule is CCCCCCCCCc1ccc(N=Nc2cn[nH]c2)cc1. The number of aromatic amines is 1. The van der Waals surface area contributed by atoms with Crippen LogP contribution < -0.4 is 0 Å². The average Bonchev–Trinajstić information content (AvgIpc) is 3.07. The second-order valence-electron chi connectivity index (χ2n) is 5.69. The Morgan fingerprint density at radius 2 is 1.55 bits per heavy atom. The quantitative estimate of drug-likeness (QED) is 0.417. The van der Waals surface area contributed by atoms with E-state index in [4.69, 9.17) is 0 Å². The first-order valence-electron chi connectivity index (χ1n) is 8.38. The molecular weight excluding hydrogens is 272 g/mol. The summed E-state index contributed by atoms with van der Waals surface area (Å²) in [6.45, 7) is 2.26. The van der Waals surface area contributed by atoms with Crippen LogP contribution in [0, 0.1) is 0 Å². The van der Waals surface area contributed by atoms with E-state index in [0.29, 0.717) is 0 Å². The topological polar surface area (TPSA) is 53.4 Å². The van der Waals surface area contributed by atoms with Gasteiger partial charge in [-0.05, 0) is 30.5 Å². The van der Waals surface area contributed by atoms with Crippen LogP contribution in [0.4, 0.5) is 11.4 Å². The van der Waals surface area contributed by atoms with E-state index in [0.717, 1.165) is 17.8 Å². The molecule has 0 fully saturated rings. The van der Waals surface area contributed by atoms with Crippen molar-refractivity contribution in [1.82, 2.24) is 10.2 Å². The van der Waals surface area contributed by atoms with Crippen LogP contribution in [0.1, 0.15) is 57.4 Å². The summed E-state index contributed by atoms with van der Waals surface area (Å²) >= 11 is 0. The molecule has 2 rings (SSSR count). The molecule has 0 aliphatic heterocycles. The molecule has 0 radical (unpaired) electrons. The van der Waals surface area contributed by atoms with E-state index >= 15 is 0 Å². The van der Waals surface area contributed by atoms with Crippen LogP contribution in [-0.2, 0) is 6.42 Å². The number of nitrogens with one attached hydrogen (secondary N) is 1. The molecule has 0 unspecified atom stereocenters. The third-order valence-corrected chi connectivity index (χ3v) is 3.77. The molecular formula is C18H26N4. The van der Waals surface area contributed by atoms with Crippen LogP contribution in [0.2, 0.25) is 0 Å². The van der Waals surface area contributed by atoms with Crippen molar-refractivity contribution in [2.24, 2.45) is 10.2 Å². The Morgan fingerprint density at radius 3 is 2.23 bits per heavy atom. The summed E-state index contributed by atoms with van der Waals surface area (Å²) in [6, 6.07) is 8.36. The molecule has 0 saturated carbocycles. The monoisotopic (exact) mass is 298 g/mol. The van der Waals surface area contributed by atoms with Crippen LogP contribution in [0.25, 0.3) is 0 Å². The number of rotatable bonds is 10. The molecule has 22 heavy (non-hydrogen) atoms. The Kier molecular flexibility index (Phi) is 7.36. The van der Waals surface area contributed by atoms with E-state index in [1.165, 1.54) is 50.5 Å². The van der Waals surface area contributed by atoms with Crippen LogP contribution >= 0.6 is 0 Å². The number of nitrogens with zero attached hydrogens (tertiary/aromatic N) is 3. The highest BCUT2D eigenvalue weighted by Gasteiger charge is 1.96. The number of azo groups is 1. The number of H-pyrrole nitrogens is 1. The van der Waals surface area contributed by atoms with Crippen molar-refractivity contribution in [3.8, 4) is 0 Å². The molecule has 1 aromatic heterocycles. The fourth-order valence-corrected chi connectivity index (χ4v) is 2.43. The molecule has 2 aromatic rings. The second-order valence-corrected chi connectivity index (χ2v) is 5.69. The number of hydrogen-bond acceptors (Lipinski definition) is 3. The highest BCUT2D eigenvalue weighted by molar-refractivity contribution is 5.39. The summed E-state index contributed by atoms with van der Waals surface area (Å²) in [5.41, 5.74) is 3.01. The van der Waals surface area contributed by atoms with Gasteiger partial charge in [-0.1, -0.05) is 57.6 Å². The molecule has 0 spiro atoms. The number of benzene rings is 1. The standard InChI is InChI=1S/C18H26N4/c1-2-3-4-5-6-7-8-9-16-10-12-17(13-11-16)21-22-18-14-19-20-15-18/h10-15H,2-9H2,1H3,(H,19,20). The Balaban J connectivity index is 1.66. The first kappa shape index (κ1) is 16.4. The summed E-state index contributed by atoms with van der Waals surface area (Å²) in [7, 11) is 0. The molecule has 1 aromatic carbocycles. The molecule has 0 saturated heterocycles. The predicted octanol–water partition coefficient (Wildman–Crippen LogP) is 6.12. The van der Waals surface area contributed by atoms with Crippen LogP contribution in [-0.4, -0.2) is 10.2 Å². The molecule has 4 nitrogen and oxygen atoms in total. The van der Waals surface area contributed by atoms with Gasteiger partial charge in [-0.3, -0.25) is 5.10 Å². The smallest absolute Gasteiger partial charge is 0.123 e. The lowest BCUT2D eigenvalue weighted by Gasteiger charge is -2.02. The van der Waals surface area contributed by atoms with Gasteiger partial charge < -0.3 is 0 Å².